The third-order valence-corrected chi connectivity index (χ3v) is 6.69. The first-order chi connectivity index (χ1) is 9.79. The van der Waals surface area contributed by atoms with Gasteiger partial charge in [-0.15, -0.1) is 0 Å². The number of nitrogens with zero attached hydrogens (tertiary/aromatic N) is 2. The monoisotopic (exact) mass is 333 g/mol. The molecular weight excluding hydrogens is 314 g/mol. The summed E-state index contributed by atoms with van der Waals surface area (Å²) in [6.07, 6.45) is 2.83. The van der Waals surface area contributed by atoms with Gasteiger partial charge in [0.15, 0.2) is 0 Å². The van der Waals surface area contributed by atoms with Gasteiger partial charge in [-0.2, -0.15) is 0 Å². The third-order valence-electron chi connectivity index (χ3n) is 3.54. The molecule has 1 aromatic heterocycles. The standard InChI is InChI=1S/C12H19N3O4S2/c13-21(18,19)12-5-3-8-15(10-12)20(16,17)9-6-11-4-1-2-7-14-11/h1-2,4,7,12H,3,5-6,8-10H2,(H2,13,18,19). The van der Waals surface area contributed by atoms with E-state index in [1.54, 1.807) is 24.4 Å². The van der Waals surface area contributed by atoms with Crippen LogP contribution in [-0.2, 0) is 26.5 Å². The van der Waals surface area contributed by atoms with Gasteiger partial charge in [0, 0.05) is 31.4 Å². The van der Waals surface area contributed by atoms with Crippen LogP contribution in [0, 0.1) is 0 Å². The Labute approximate surface area is 125 Å². The lowest BCUT2D eigenvalue weighted by Crippen LogP contribution is -2.47. The number of primary sulfonamides is 1. The van der Waals surface area contributed by atoms with Crippen molar-refractivity contribution < 1.29 is 16.8 Å². The molecule has 0 radical (unpaired) electrons. The van der Waals surface area contributed by atoms with Crippen LogP contribution in [0.2, 0.25) is 0 Å². The highest BCUT2D eigenvalue weighted by Crippen LogP contribution is 2.18. The summed E-state index contributed by atoms with van der Waals surface area (Å²) in [6.45, 7) is 0.292. The smallest absolute Gasteiger partial charge is 0.214 e. The van der Waals surface area contributed by atoms with Crippen LogP contribution >= 0.6 is 0 Å². The molecule has 1 atom stereocenters. The lowest BCUT2D eigenvalue weighted by Gasteiger charge is -2.30. The van der Waals surface area contributed by atoms with Gasteiger partial charge in [-0.1, -0.05) is 6.07 Å². The van der Waals surface area contributed by atoms with E-state index >= 15 is 0 Å². The third kappa shape index (κ3) is 4.47. The van der Waals surface area contributed by atoms with Gasteiger partial charge in [0.25, 0.3) is 0 Å². The van der Waals surface area contributed by atoms with Gasteiger partial charge < -0.3 is 0 Å². The number of nitrogens with two attached hydrogens (primary N) is 1. The van der Waals surface area contributed by atoms with E-state index in [9.17, 15) is 16.8 Å². The fourth-order valence-corrected chi connectivity index (χ4v) is 4.85. The normalized spacial score (nSPS) is 21.3. The maximum absolute atomic E-state index is 12.3. The van der Waals surface area contributed by atoms with Gasteiger partial charge in [-0.25, -0.2) is 26.3 Å². The van der Waals surface area contributed by atoms with Crippen LogP contribution in [0.25, 0.3) is 0 Å². The molecule has 1 saturated heterocycles. The van der Waals surface area contributed by atoms with Gasteiger partial charge in [-0.05, 0) is 25.0 Å². The van der Waals surface area contributed by atoms with Crippen LogP contribution in [0.15, 0.2) is 24.4 Å². The van der Waals surface area contributed by atoms with E-state index in [0.29, 0.717) is 31.5 Å². The van der Waals surface area contributed by atoms with E-state index in [4.69, 9.17) is 5.14 Å². The summed E-state index contributed by atoms with van der Waals surface area (Å²) in [5, 5.41) is 4.31. The van der Waals surface area contributed by atoms with Crippen LogP contribution in [0.3, 0.4) is 0 Å². The maximum Gasteiger partial charge on any atom is 0.214 e. The van der Waals surface area contributed by atoms with Crippen molar-refractivity contribution in [1.82, 2.24) is 9.29 Å². The highest BCUT2D eigenvalue weighted by molar-refractivity contribution is 7.90. The van der Waals surface area contributed by atoms with Crippen LogP contribution < -0.4 is 5.14 Å². The summed E-state index contributed by atoms with van der Waals surface area (Å²) >= 11 is 0. The topological polar surface area (TPSA) is 110 Å². The molecule has 21 heavy (non-hydrogen) atoms. The number of pyridine rings is 1. The summed E-state index contributed by atoms with van der Waals surface area (Å²) in [6, 6.07) is 5.32. The largest absolute Gasteiger partial charge is 0.261 e. The van der Waals surface area contributed by atoms with Crippen LogP contribution in [0.1, 0.15) is 18.5 Å². The first kappa shape index (κ1) is 16.3. The fraction of sp³-hybridized carbons (Fsp3) is 0.583. The SMILES string of the molecule is NS(=O)(=O)C1CCCN(S(=O)(=O)CCc2ccccn2)C1. The molecule has 1 unspecified atom stereocenters. The second-order valence-corrected chi connectivity index (χ2v) is 9.03. The summed E-state index contributed by atoms with van der Waals surface area (Å²) in [5.41, 5.74) is 0.695. The van der Waals surface area contributed by atoms with Gasteiger partial charge in [-0.3, -0.25) is 4.98 Å². The van der Waals surface area contributed by atoms with Crippen molar-refractivity contribution in [1.29, 1.82) is 0 Å². The average molecular weight is 333 g/mol. The van der Waals surface area contributed by atoms with Gasteiger partial charge in [0.2, 0.25) is 20.0 Å². The first-order valence-corrected chi connectivity index (χ1v) is 9.90. The number of hydrogen-bond acceptors (Lipinski definition) is 5. The molecule has 1 aliphatic rings. The zero-order valence-electron chi connectivity index (χ0n) is 11.6. The fourth-order valence-electron chi connectivity index (χ4n) is 2.33. The molecule has 0 bridgehead atoms. The molecule has 1 aliphatic heterocycles. The highest BCUT2D eigenvalue weighted by Gasteiger charge is 2.33. The van der Waals surface area contributed by atoms with Crippen molar-refractivity contribution >= 4 is 20.0 Å². The number of aromatic nitrogens is 1. The van der Waals surface area contributed by atoms with Crippen LogP contribution in [-0.4, -0.2) is 50.2 Å². The maximum atomic E-state index is 12.3. The number of piperidine rings is 1. The number of sulfonamides is 2. The lowest BCUT2D eigenvalue weighted by molar-refractivity contribution is 0.346. The number of hydrogen-bond donors (Lipinski definition) is 1. The molecule has 9 heteroatoms. The zero-order valence-corrected chi connectivity index (χ0v) is 13.2. The quantitative estimate of drug-likeness (QED) is 0.796. The Balaban J connectivity index is 2.02. The molecule has 7 nitrogen and oxygen atoms in total. The van der Waals surface area contributed by atoms with E-state index in [1.165, 1.54) is 4.31 Å². The second-order valence-electron chi connectivity index (χ2n) is 5.10. The van der Waals surface area contributed by atoms with Crippen molar-refractivity contribution in [3.63, 3.8) is 0 Å². The predicted molar refractivity (Wildman–Crippen MR) is 79.4 cm³/mol. The molecule has 0 aliphatic carbocycles. The van der Waals surface area contributed by atoms with Crippen molar-refractivity contribution in [3.8, 4) is 0 Å². The average Bonchev–Trinajstić information content (AvgIpc) is 2.46. The summed E-state index contributed by atoms with van der Waals surface area (Å²) in [7, 11) is -7.21. The van der Waals surface area contributed by atoms with E-state index in [-0.39, 0.29) is 12.3 Å². The highest BCUT2D eigenvalue weighted by atomic mass is 32.2. The Kier molecular flexibility index (Phi) is 4.97. The van der Waals surface area contributed by atoms with Crippen molar-refractivity contribution in [2.24, 2.45) is 5.14 Å². The first-order valence-electron chi connectivity index (χ1n) is 6.68. The number of aryl methyl sites for hydroxylation is 1. The minimum atomic E-state index is -3.70. The molecular formula is C12H19N3O4S2. The van der Waals surface area contributed by atoms with E-state index < -0.39 is 25.3 Å². The minimum absolute atomic E-state index is 0.0522. The molecule has 2 N–H and O–H groups in total. The van der Waals surface area contributed by atoms with E-state index in [1.807, 2.05) is 0 Å². The van der Waals surface area contributed by atoms with Gasteiger partial charge in [0.1, 0.15) is 0 Å². The second kappa shape index (κ2) is 6.39. The molecule has 1 fully saturated rings. The summed E-state index contributed by atoms with van der Waals surface area (Å²) < 4.78 is 48.6. The lowest BCUT2D eigenvalue weighted by atomic mass is 10.2. The predicted octanol–water partition coefficient (Wildman–Crippen LogP) is -0.293. The summed E-state index contributed by atoms with van der Waals surface area (Å²) in [4.78, 5) is 4.08. The Bertz CT molecular complexity index is 674. The van der Waals surface area contributed by atoms with E-state index in [0.717, 1.165) is 0 Å². The van der Waals surface area contributed by atoms with E-state index in [2.05, 4.69) is 4.98 Å². The molecule has 0 amide bonds. The Hall–Kier alpha value is -1.03. The zero-order chi connectivity index (χ0) is 15.5. The summed E-state index contributed by atoms with van der Waals surface area (Å²) in [5.74, 6) is -0.0820. The Morgan fingerprint density at radius 1 is 1.29 bits per heavy atom. The van der Waals surface area contributed by atoms with Crippen molar-refractivity contribution in [3.05, 3.63) is 30.1 Å². The van der Waals surface area contributed by atoms with Gasteiger partial charge >= 0.3 is 0 Å². The minimum Gasteiger partial charge on any atom is -0.261 e. The Morgan fingerprint density at radius 2 is 2.05 bits per heavy atom. The Morgan fingerprint density at radius 3 is 2.67 bits per heavy atom. The van der Waals surface area contributed by atoms with Crippen LogP contribution in [0.4, 0.5) is 0 Å². The number of rotatable bonds is 5. The van der Waals surface area contributed by atoms with Crippen LogP contribution in [0.5, 0.6) is 0 Å². The molecule has 118 valence electrons. The molecule has 0 spiro atoms. The molecule has 0 saturated carbocycles. The molecule has 2 heterocycles. The molecule has 1 aromatic rings. The molecule has 2 rings (SSSR count). The van der Waals surface area contributed by atoms with Crippen molar-refractivity contribution in [2.45, 2.75) is 24.5 Å². The van der Waals surface area contributed by atoms with Crippen molar-refractivity contribution in [2.75, 3.05) is 18.8 Å². The van der Waals surface area contributed by atoms with Gasteiger partial charge in [0.05, 0.1) is 11.0 Å². The molecule has 0 aromatic carbocycles.